The van der Waals surface area contributed by atoms with Crippen molar-refractivity contribution in [3.8, 4) is 0 Å². The predicted molar refractivity (Wildman–Crippen MR) is 257 cm³/mol. The Morgan fingerprint density at radius 3 is 1.29 bits per heavy atom. The first kappa shape index (κ1) is 65.3. The van der Waals surface area contributed by atoms with E-state index in [1.54, 1.807) is 0 Å². The number of carboxylic acids is 4. The van der Waals surface area contributed by atoms with Gasteiger partial charge in [0.1, 0.15) is 6.61 Å². The monoisotopic (exact) mass is 1010 g/mol. The van der Waals surface area contributed by atoms with Crippen molar-refractivity contribution in [1.29, 1.82) is 0 Å². The average Bonchev–Trinajstić information content (AvgIpc) is 3.27. The predicted octanol–water partition coefficient (Wildman–Crippen LogP) is 5.98. The zero-order valence-corrected chi connectivity index (χ0v) is 42.5. The quantitative estimate of drug-likeness (QED) is 0.0154. The van der Waals surface area contributed by atoms with Crippen molar-refractivity contribution in [1.82, 2.24) is 14.7 Å². The second-order valence-electron chi connectivity index (χ2n) is 17.5. The molecule has 0 radical (unpaired) electrons. The Hall–Kier alpha value is -3.72. The maximum Gasteiger partial charge on any atom is 0.472 e. The van der Waals surface area contributed by atoms with Crippen LogP contribution in [0.3, 0.4) is 0 Å². The fourth-order valence-corrected chi connectivity index (χ4v) is 8.04. The molecular formula is C47H86N4O17P-. The summed E-state index contributed by atoms with van der Waals surface area (Å²) in [7, 11) is -4.81. The van der Waals surface area contributed by atoms with Gasteiger partial charge in [-0.15, -0.1) is 0 Å². The molecule has 0 fully saturated rings. The summed E-state index contributed by atoms with van der Waals surface area (Å²) in [6.45, 7) is -1.04. The number of carbonyl (C=O) groups is 6. The first-order chi connectivity index (χ1) is 33.0. The second-order valence-corrected chi connectivity index (χ2v) is 19.0. The molecule has 2 atom stereocenters. The van der Waals surface area contributed by atoms with E-state index in [0.717, 1.165) is 49.8 Å². The summed E-state index contributed by atoms with van der Waals surface area (Å²) in [6.07, 6.45) is 23.5. The molecule has 22 heteroatoms. The molecule has 0 aromatic rings. The van der Waals surface area contributed by atoms with E-state index < -0.39 is 115 Å². The standard InChI is InChI=1S/C47H87N4O17P/c1-3-5-7-9-11-13-15-17-19-21-23-25-46(61)65-38-40(68-47(62)26-24-22-20-18-16-14-12-10-8-6-4-2)39-67-69(63,64)66-32-27-48-41(52)33-50(35-43(55)56)30-28-49(34-42(53)54)29-31-51(36-44(57)58)37-45(59)60/h40H,3-39H2,1-2H3,(H,48,52)(H,53,54)(H,55,56)(H,57,58)(H,59,60)(H,63,64)/p-1/t40-/m0/s1. The molecule has 0 amide bonds. The number of aliphatic carboxylic acids is 4. The topological polar surface area (TPSA) is 303 Å². The molecule has 1 unspecified atom stereocenters. The Morgan fingerprint density at radius 1 is 0.507 bits per heavy atom. The molecule has 402 valence electrons. The van der Waals surface area contributed by atoms with E-state index in [1.807, 2.05) is 0 Å². The summed E-state index contributed by atoms with van der Waals surface area (Å²) in [4.78, 5) is 88.4. The van der Waals surface area contributed by atoms with Crippen LogP contribution in [0.1, 0.15) is 168 Å². The molecule has 5 N–H and O–H groups in total. The van der Waals surface area contributed by atoms with E-state index in [9.17, 15) is 53.5 Å². The molecule has 0 bridgehead atoms. The number of unbranched alkanes of at least 4 members (excludes halogenated alkanes) is 20. The highest BCUT2D eigenvalue weighted by Gasteiger charge is 2.26. The molecule has 21 nitrogen and oxygen atoms in total. The average molecular weight is 1010 g/mol. The van der Waals surface area contributed by atoms with Crippen LogP contribution in [0, 0.1) is 0 Å². The van der Waals surface area contributed by atoms with Crippen molar-refractivity contribution in [3.63, 3.8) is 0 Å². The molecule has 0 aromatic carbocycles. The lowest BCUT2D eigenvalue weighted by Crippen LogP contribution is -2.46. The summed E-state index contributed by atoms with van der Waals surface area (Å²) in [5.74, 6) is -7.02. The summed E-state index contributed by atoms with van der Waals surface area (Å²) in [6, 6.07) is 0. The lowest BCUT2D eigenvalue weighted by atomic mass is 10.1. The third-order valence-corrected chi connectivity index (χ3v) is 12.0. The molecular weight excluding hydrogens is 924 g/mol. The van der Waals surface area contributed by atoms with E-state index in [4.69, 9.17) is 28.7 Å². The van der Waals surface area contributed by atoms with Crippen LogP contribution < -0.4 is 5.11 Å². The van der Waals surface area contributed by atoms with Gasteiger partial charge in [0.05, 0.1) is 45.9 Å². The highest BCUT2D eigenvalue weighted by Crippen LogP contribution is 2.43. The van der Waals surface area contributed by atoms with Crippen LogP contribution in [0.2, 0.25) is 0 Å². The van der Waals surface area contributed by atoms with Crippen molar-refractivity contribution >= 4 is 49.5 Å². The van der Waals surface area contributed by atoms with Gasteiger partial charge >= 0.3 is 43.6 Å². The van der Waals surface area contributed by atoms with Crippen molar-refractivity contribution in [2.24, 2.45) is 4.99 Å². The van der Waals surface area contributed by atoms with E-state index >= 15 is 0 Å². The van der Waals surface area contributed by atoms with E-state index in [2.05, 4.69) is 18.8 Å². The Balaban J connectivity index is 5.20. The van der Waals surface area contributed by atoms with Gasteiger partial charge in [0, 0.05) is 45.6 Å². The minimum atomic E-state index is -4.81. The number of ether oxygens (including phenoxy) is 2. The number of esters is 2. The van der Waals surface area contributed by atoms with Crippen molar-refractivity contribution < 1.29 is 82.3 Å². The third-order valence-electron chi connectivity index (χ3n) is 11.0. The minimum absolute atomic E-state index is 0.0834. The number of phosphoric acid groups is 1. The molecule has 0 spiro atoms. The fraction of sp³-hybridized carbons (Fsp3) is 0.851. The number of carboxylic acid groups (broad SMARTS) is 4. The summed E-state index contributed by atoms with van der Waals surface area (Å²) in [5, 5.41) is 49.6. The van der Waals surface area contributed by atoms with Crippen LogP contribution in [0.5, 0.6) is 0 Å². The molecule has 0 aliphatic heterocycles. The molecule has 0 aliphatic rings. The highest BCUT2D eigenvalue weighted by molar-refractivity contribution is 7.47. The first-order valence-corrected chi connectivity index (χ1v) is 26.7. The Labute approximate surface area is 409 Å². The number of aliphatic imine (C=N–C) groups is 1. The lowest BCUT2D eigenvalue weighted by molar-refractivity contribution is -0.220. The van der Waals surface area contributed by atoms with Crippen molar-refractivity contribution in [2.75, 3.05) is 85.3 Å². The van der Waals surface area contributed by atoms with Gasteiger partial charge in [0.2, 0.25) is 0 Å². The zero-order chi connectivity index (χ0) is 51.5. The highest BCUT2D eigenvalue weighted by atomic mass is 31.2. The van der Waals surface area contributed by atoms with Crippen LogP contribution in [-0.4, -0.2) is 173 Å². The molecule has 69 heavy (non-hydrogen) atoms. The lowest BCUT2D eigenvalue weighted by Gasteiger charge is -2.28. The summed E-state index contributed by atoms with van der Waals surface area (Å²) in [5.41, 5.74) is 0. The second kappa shape index (κ2) is 43.1. The van der Waals surface area contributed by atoms with Crippen molar-refractivity contribution in [2.45, 2.75) is 174 Å². The van der Waals surface area contributed by atoms with Gasteiger partial charge in [0.15, 0.2) is 6.10 Å². The Kier molecular flexibility index (Phi) is 40.8. The van der Waals surface area contributed by atoms with Crippen LogP contribution in [0.25, 0.3) is 0 Å². The molecule has 0 heterocycles. The van der Waals surface area contributed by atoms with Gasteiger partial charge in [-0.2, -0.15) is 0 Å². The number of hydrogen-bond donors (Lipinski definition) is 5. The normalized spacial score (nSPS) is 13.2. The largest absolute Gasteiger partial charge is 0.861 e. The SMILES string of the molecule is CCCCCCCCCCCCCC(=O)OC[C@@H](COP(=O)(O)OCCN=C([O-])CN(CCN(CCN(CC(=O)O)CC(=O)O)CC(=O)O)CC(=O)O)OC(=O)CCCCCCCCCCCCC. The first-order valence-electron chi connectivity index (χ1n) is 25.2. The van der Waals surface area contributed by atoms with Crippen molar-refractivity contribution in [3.05, 3.63) is 0 Å². The minimum Gasteiger partial charge on any atom is -0.861 e. The van der Waals surface area contributed by atoms with Crippen LogP contribution >= 0.6 is 7.82 Å². The third kappa shape index (κ3) is 44.0. The van der Waals surface area contributed by atoms with Crippen LogP contribution in [0.4, 0.5) is 0 Å². The number of hydrogen-bond acceptors (Lipinski definition) is 16. The van der Waals surface area contributed by atoms with Gasteiger partial charge < -0.3 is 44.9 Å². The van der Waals surface area contributed by atoms with Crippen LogP contribution in [-0.2, 0) is 51.9 Å². The molecule has 0 rings (SSSR count). The zero-order valence-electron chi connectivity index (χ0n) is 41.6. The summed E-state index contributed by atoms with van der Waals surface area (Å²) < 4.78 is 33.7. The van der Waals surface area contributed by atoms with Gasteiger partial charge in [-0.1, -0.05) is 142 Å². The van der Waals surface area contributed by atoms with Gasteiger partial charge in [-0.05, 0) is 18.7 Å². The number of nitrogens with zero attached hydrogens (tertiary/aromatic N) is 4. The van der Waals surface area contributed by atoms with Gasteiger partial charge in [0.25, 0.3) is 0 Å². The summed E-state index contributed by atoms with van der Waals surface area (Å²) >= 11 is 0. The van der Waals surface area contributed by atoms with Crippen LogP contribution in [0.15, 0.2) is 4.99 Å². The number of rotatable bonds is 50. The Morgan fingerprint density at radius 2 is 0.870 bits per heavy atom. The smallest absolute Gasteiger partial charge is 0.472 e. The van der Waals surface area contributed by atoms with E-state index in [-0.39, 0.29) is 39.0 Å². The molecule has 0 aliphatic carbocycles. The number of carbonyl (C=O) groups excluding carboxylic acids is 2. The molecule has 0 aromatic heterocycles. The maximum atomic E-state index is 12.8. The maximum absolute atomic E-state index is 12.8. The fourth-order valence-electron chi connectivity index (χ4n) is 7.30. The molecule has 0 saturated carbocycles. The number of phosphoric ester groups is 1. The van der Waals surface area contributed by atoms with E-state index in [0.29, 0.717) is 12.8 Å². The van der Waals surface area contributed by atoms with E-state index in [1.165, 1.54) is 93.3 Å². The van der Waals surface area contributed by atoms with Gasteiger partial charge in [-0.3, -0.25) is 52.5 Å². The van der Waals surface area contributed by atoms with Gasteiger partial charge in [-0.25, -0.2) is 4.57 Å². The molecule has 0 saturated heterocycles. The Bertz CT molecular complexity index is 1470.